The first-order valence-corrected chi connectivity index (χ1v) is 10.1. The van der Waals surface area contributed by atoms with Crippen molar-refractivity contribution in [3.8, 4) is 5.82 Å². The number of aromatic nitrogens is 3. The van der Waals surface area contributed by atoms with Crippen LogP contribution < -0.4 is 10.6 Å². The number of pyridine rings is 1. The van der Waals surface area contributed by atoms with Crippen LogP contribution in [-0.4, -0.2) is 47.0 Å². The van der Waals surface area contributed by atoms with Crippen LogP contribution in [-0.2, 0) is 11.3 Å². The van der Waals surface area contributed by atoms with Crippen LogP contribution in [0, 0.1) is 19.8 Å². The van der Waals surface area contributed by atoms with E-state index in [1.54, 1.807) is 0 Å². The fourth-order valence-electron chi connectivity index (χ4n) is 2.67. The van der Waals surface area contributed by atoms with Crippen molar-refractivity contribution < 1.29 is 4.74 Å². The van der Waals surface area contributed by atoms with Crippen molar-refractivity contribution >= 4 is 5.96 Å². The van der Waals surface area contributed by atoms with Gasteiger partial charge >= 0.3 is 0 Å². The summed E-state index contributed by atoms with van der Waals surface area (Å²) in [6, 6.07) is 6.06. The number of nitrogens with one attached hydrogen (secondary N) is 2. The molecule has 0 saturated carbocycles. The van der Waals surface area contributed by atoms with E-state index in [1.807, 2.05) is 42.9 Å². The lowest BCUT2D eigenvalue weighted by atomic mass is 10.1. The number of rotatable bonds is 10. The Labute approximate surface area is 168 Å². The molecule has 0 amide bonds. The third-order valence-corrected chi connectivity index (χ3v) is 4.18. The highest BCUT2D eigenvalue weighted by atomic mass is 16.5. The average Bonchev–Trinajstić information content (AvgIpc) is 3.00. The van der Waals surface area contributed by atoms with Gasteiger partial charge in [-0.25, -0.2) is 14.7 Å². The summed E-state index contributed by atoms with van der Waals surface area (Å²) >= 11 is 0. The number of hydrogen-bond acceptors (Lipinski definition) is 4. The summed E-state index contributed by atoms with van der Waals surface area (Å²) in [4.78, 5) is 9.16. The van der Waals surface area contributed by atoms with Gasteiger partial charge in [-0.05, 0) is 50.8 Å². The maximum Gasteiger partial charge on any atom is 0.191 e. The third kappa shape index (κ3) is 7.31. The maximum atomic E-state index is 5.64. The molecule has 7 nitrogen and oxygen atoms in total. The second kappa shape index (κ2) is 11.4. The molecule has 0 aliphatic heterocycles. The van der Waals surface area contributed by atoms with E-state index >= 15 is 0 Å². The van der Waals surface area contributed by atoms with Gasteiger partial charge in [-0.15, -0.1) is 0 Å². The SMILES string of the molecule is CCNC(=NCc1ccc(-n2nc(C)cc2C)nc1)NCCOCCC(C)C. The number of aliphatic imine (C=N–C) groups is 1. The first-order valence-electron chi connectivity index (χ1n) is 10.1. The maximum absolute atomic E-state index is 5.64. The van der Waals surface area contributed by atoms with Crippen LogP contribution in [0.15, 0.2) is 29.4 Å². The number of nitrogens with zero attached hydrogens (tertiary/aromatic N) is 4. The van der Waals surface area contributed by atoms with Gasteiger partial charge in [-0.1, -0.05) is 19.9 Å². The molecule has 28 heavy (non-hydrogen) atoms. The topological polar surface area (TPSA) is 76.4 Å². The quantitative estimate of drug-likeness (QED) is 0.373. The van der Waals surface area contributed by atoms with E-state index in [1.165, 1.54) is 0 Å². The van der Waals surface area contributed by atoms with E-state index in [2.05, 4.69) is 46.5 Å². The minimum Gasteiger partial charge on any atom is -0.380 e. The van der Waals surface area contributed by atoms with Crippen molar-refractivity contribution in [2.75, 3.05) is 26.3 Å². The Morgan fingerprint density at radius 1 is 1.21 bits per heavy atom. The Bertz CT molecular complexity index is 736. The summed E-state index contributed by atoms with van der Waals surface area (Å²) in [5.41, 5.74) is 3.11. The van der Waals surface area contributed by atoms with Crippen molar-refractivity contribution in [3.05, 3.63) is 41.3 Å². The van der Waals surface area contributed by atoms with Crippen LogP contribution in [0.2, 0.25) is 0 Å². The van der Waals surface area contributed by atoms with Crippen LogP contribution in [0.5, 0.6) is 0 Å². The molecule has 2 heterocycles. The molecule has 0 aromatic carbocycles. The van der Waals surface area contributed by atoms with Crippen LogP contribution in [0.25, 0.3) is 5.82 Å². The van der Waals surface area contributed by atoms with Crippen LogP contribution in [0.1, 0.15) is 44.1 Å². The van der Waals surface area contributed by atoms with E-state index in [-0.39, 0.29) is 0 Å². The minimum absolute atomic E-state index is 0.563. The largest absolute Gasteiger partial charge is 0.380 e. The number of aryl methyl sites for hydroxylation is 2. The van der Waals surface area contributed by atoms with Gasteiger partial charge in [-0.2, -0.15) is 5.10 Å². The predicted octanol–water partition coefficient (Wildman–Crippen LogP) is 3.00. The lowest BCUT2D eigenvalue weighted by molar-refractivity contribution is 0.128. The molecule has 7 heteroatoms. The summed E-state index contributed by atoms with van der Waals surface area (Å²) < 4.78 is 7.49. The monoisotopic (exact) mass is 386 g/mol. The zero-order valence-electron chi connectivity index (χ0n) is 17.8. The molecule has 2 N–H and O–H groups in total. The highest BCUT2D eigenvalue weighted by Gasteiger charge is 2.05. The Hall–Kier alpha value is -2.41. The minimum atomic E-state index is 0.563. The molecule has 0 radical (unpaired) electrons. The van der Waals surface area contributed by atoms with Crippen molar-refractivity contribution in [2.24, 2.45) is 10.9 Å². The first kappa shape index (κ1) is 21.9. The molecule has 2 aromatic rings. The van der Waals surface area contributed by atoms with Crippen molar-refractivity contribution in [3.63, 3.8) is 0 Å². The van der Waals surface area contributed by atoms with Gasteiger partial charge in [0, 0.05) is 31.6 Å². The Morgan fingerprint density at radius 3 is 2.64 bits per heavy atom. The molecule has 0 spiro atoms. The first-order chi connectivity index (χ1) is 13.5. The van der Waals surface area contributed by atoms with Gasteiger partial charge in [0.2, 0.25) is 0 Å². The smallest absolute Gasteiger partial charge is 0.191 e. The van der Waals surface area contributed by atoms with E-state index in [0.29, 0.717) is 19.1 Å². The molecule has 0 bridgehead atoms. The van der Waals surface area contributed by atoms with Gasteiger partial charge in [0.25, 0.3) is 0 Å². The lowest BCUT2D eigenvalue weighted by Crippen LogP contribution is -2.39. The fourth-order valence-corrected chi connectivity index (χ4v) is 2.67. The summed E-state index contributed by atoms with van der Waals surface area (Å²) in [6.45, 7) is 14.1. The summed E-state index contributed by atoms with van der Waals surface area (Å²) in [6.07, 6.45) is 2.95. The molecule has 0 atom stereocenters. The van der Waals surface area contributed by atoms with E-state index < -0.39 is 0 Å². The van der Waals surface area contributed by atoms with Gasteiger partial charge in [0.05, 0.1) is 18.8 Å². The van der Waals surface area contributed by atoms with Crippen LogP contribution in [0.3, 0.4) is 0 Å². The summed E-state index contributed by atoms with van der Waals surface area (Å²) in [7, 11) is 0. The van der Waals surface area contributed by atoms with Gasteiger partial charge in [-0.3, -0.25) is 0 Å². The second-order valence-electron chi connectivity index (χ2n) is 7.28. The molecular formula is C21H34N6O. The molecular weight excluding hydrogens is 352 g/mol. The number of ether oxygens (including phenoxy) is 1. The second-order valence-corrected chi connectivity index (χ2v) is 7.28. The lowest BCUT2D eigenvalue weighted by Gasteiger charge is -2.12. The van der Waals surface area contributed by atoms with E-state index in [4.69, 9.17) is 4.74 Å². The zero-order chi connectivity index (χ0) is 20.4. The highest BCUT2D eigenvalue weighted by Crippen LogP contribution is 2.10. The van der Waals surface area contributed by atoms with Gasteiger partial charge in [0.15, 0.2) is 11.8 Å². The average molecular weight is 387 g/mol. The highest BCUT2D eigenvalue weighted by molar-refractivity contribution is 5.79. The van der Waals surface area contributed by atoms with Crippen LogP contribution in [0.4, 0.5) is 0 Å². The Morgan fingerprint density at radius 2 is 2.04 bits per heavy atom. The molecule has 0 unspecified atom stereocenters. The van der Waals surface area contributed by atoms with Gasteiger partial charge in [0.1, 0.15) is 0 Å². The molecule has 2 rings (SSSR count). The molecule has 0 saturated heterocycles. The Kier molecular flexibility index (Phi) is 8.94. The van der Waals surface area contributed by atoms with Gasteiger partial charge < -0.3 is 15.4 Å². The standard InChI is InChI=1S/C21H34N6O/c1-6-22-21(23-10-12-28-11-9-16(2)3)25-15-19-7-8-20(24-14-19)27-18(5)13-17(4)26-27/h7-8,13-14,16H,6,9-12,15H2,1-5H3,(H2,22,23,25). The van der Waals surface area contributed by atoms with E-state index in [0.717, 1.165) is 54.8 Å². The van der Waals surface area contributed by atoms with Crippen molar-refractivity contribution in [1.29, 1.82) is 0 Å². The molecule has 0 aliphatic rings. The Balaban J connectivity index is 1.85. The molecule has 154 valence electrons. The summed E-state index contributed by atoms with van der Waals surface area (Å²) in [5, 5.41) is 11.0. The number of hydrogen-bond donors (Lipinski definition) is 2. The third-order valence-electron chi connectivity index (χ3n) is 4.18. The van der Waals surface area contributed by atoms with Crippen molar-refractivity contribution in [1.82, 2.24) is 25.4 Å². The van der Waals surface area contributed by atoms with Crippen LogP contribution >= 0.6 is 0 Å². The normalized spacial score (nSPS) is 11.9. The van der Waals surface area contributed by atoms with E-state index in [9.17, 15) is 0 Å². The molecule has 0 fully saturated rings. The fraction of sp³-hybridized carbons (Fsp3) is 0.571. The zero-order valence-corrected chi connectivity index (χ0v) is 17.8. The van der Waals surface area contributed by atoms with Crippen molar-refractivity contribution in [2.45, 2.75) is 47.6 Å². The molecule has 2 aromatic heterocycles. The number of guanidine groups is 1. The predicted molar refractivity (Wildman–Crippen MR) is 114 cm³/mol. The summed E-state index contributed by atoms with van der Waals surface area (Å²) in [5.74, 6) is 2.28. The molecule has 0 aliphatic carbocycles.